The molecule has 0 saturated carbocycles. The maximum Gasteiger partial charge on any atom is 0.269 e. The summed E-state index contributed by atoms with van der Waals surface area (Å²) in [4.78, 5) is 30.9. The Bertz CT molecular complexity index is 1320. The van der Waals surface area contributed by atoms with Crippen molar-refractivity contribution in [2.75, 3.05) is 11.1 Å². The van der Waals surface area contributed by atoms with E-state index in [9.17, 15) is 14.9 Å². The van der Waals surface area contributed by atoms with Crippen molar-refractivity contribution in [3.63, 3.8) is 0 Å². The van der Waals surface area contributed by atoms with E-state index >= 15 is 0 Å². The van der Waals surface area contributed by atoms with Crippen LogP contribution in [0.25, 0.3) is 10.2 Å². The Kier molecular flexibility index (Phi) is 6.62. The zero-order chi connectivity index (χ0) is 23.5. The molecule has 4 rings (SSSR count). The lowest BCUT2D eigenvalue weighted by atomic mass is 10.1. The molecule has 3 N–H and O–H groups in total. The molecule has 0 aliphatic heterocycles. The van der Waals surface area contributed by atoms with Crippen LogP contribution in [0.2, 0.25) is 0 Å². The number of nitro benzene ring substituents is 1. The predicted molar refractivity (Wildman–Crippen MR) is 134 cm³/mol. The number of nitrogen functional groups attached to an aromatic ring is 1. The minimum atomic E-state index is -0.421. The van der Waals surface area contributed by atoms with E-state index in [0.29, 0.717) is 22.2 Å². The highest BCUT2D eigenvalue weighted by Gasteiger charge is 2.18. The van der Waals surface area contributed by atoms with Gasteiger partial charge >= 0.3 is 0 Å². The number of anilines is 2. The highest BCUT2D eigenvalue weighted by Crippen LogP contribution is 2.34. The molecule has 9 heteroatoms. The summed E-state index contributed by atoms with van der Waals surface area (Å²) in [6.07, 6.45) is 0.875. The molecule has 33 heavy (non-hydrogen) atoms. The Morgan fingerprint density at radius 2 is 1.73 bits per heavy atom. The van der Waals surface area contributed by atoms with E-state index < -0.39 is 4.92 Å². The Balaban J connectivity index is 1.45. The largest absolute Gasteiger partial charge is 0.397 e. The molecule has 2 aromatic heterocycles. The van der Waals surface area contributed by atoms with Crippen molar-refractivity contribution in [3.05, 3.63) is 81.3 Å². The first-order valence-corrected chi connectivity index (χ1v) is 11.9. The molecule has 0 spiro atoms. The van der Waals surface area contributed by atoms with Crippen molar-refractivity contribution >= 4 is 56.3 Å². The Morgan fingerprint density at radius 3 is 2.33 bits per heavy atom. The number of hydrogen-bond donors (Lipinski definition) is 2. The Hall–Kier alpha value is -3.43. The van der Waals surface area contributed by atoms with Crippen LogP contribution in [-0.4, -0.2) is 15.8 Å². The van der Waals surface area contributed by atoms with E-state index in [1.165, 1.54) is 35.2 Å². The van der Waals surface area contributed by atoms with Crippen LogP contribution in [0.15, 0.2) is 70.5 Å². The summed E-state index contributed by atoms with van der Waals surface area (Å²) in [6, 6.07) is 17.7. The molecule has 168 valence electrons. The molecule has 0 radical (unpaired) electrons. The van der Waals surface area contributed by atoms with Crippen molar-refractivity contribution in [3.8, 4) is 0 Å². The summed E-state index contributed by atoms with van der Waals surface area (Å²) < 4.78 is 0. The van der Waals surface area contributed by atoms with Gasteiger partial charge in [-0.25, -0.2) is 4.98 Å². The average Bonchev–Trinajstić information content (AvgIpc) is 3.11. The summed E-state index contributed by atoms with van der Waals surface area (Å²) in [5.74, 6) is 0.230. The highest BCUT2D eigenvalue weighted by molar-refractivity contribution is 7.99. The van der Waals surface area contributed by atoms with Crippen LogP contribution in [0.5, 0.6) is 0 Å². The van der Waals surface area contributed by atoms with Gasteiger partial charge in [-0.1, -0.05) is 25.6 Å². The number of benzene rings is 2. The fourth-order valence-electron chi connectivity index (χ4n) is 3.30. The van der Waals surface area contributed by atoms with E-state index in [-0.39, 0.29) is 11.6 Å². The van der Waals surface area contributed by atoms with Gasteiger partial charge in [-0.2, -0.15) is 0 Å². The number of nitrogens with one attached hydrogen (secondary N) is 1. The molecule has 0 saturated heterocycles. The second kappa shape index (κ2) is 9.60. The molecule has 7 nitrogen and oxygen atoms in total. The van der Waals surface area contributed by atoms with Crippen molar-refractivity contribution in [1.29, 1.82) is 0 Å². The third-order valence-electron chi connectivity index (χ3n) is 4.87. The first kappa shape index (κ1) is 22.8. The SMILES string of the molecule is CC(C)Cc1ccc2c(N)c(C(=O)Nc3ccc(Sc4ccc([N+](=O)[O-])cc4)cc3)sc2n1. The molecule has 0 bridgehead atoms. The summed E-state index contributed by atoms with van der Waals surface area (Å²) in [5, 5.41) is 14.5. The lowest BCUT2D eigenvalue weighted by Gasteiger charge is -2.06. The standard InChI is InChI=1S/C24H22N4O3S2/c1-14(2)13-16-5-12-20-21(25)22(33-24(20)27-16)23(29)26-15-3-8-18(9-4-15)32-19-10-6-17(7-11-19)28(30)31/h3-12,14H,13,25H2,1-2H3,(H,26,29). The van der Waals surface area contributed by atoms with Crippen molar-refractivity contribution in [2.24, 2.45) is 5.92 Å². The quantitative estimate of drug-likeness (QED) is 0.235. The van der Waals surface area contributed by atoms with E-state index in [4.69, 9.17) is 5.73 Å². The maximum atomic E-state index is 12.9. The van der Waals surface area contributed by atoms with Gasteiger partial charge in [0.05, 0.1) is 10.6 Å². The number of hydrogen-bond acceptors (Lipinski definition) is 7. The van der Waals surface area contributed by atoms with E-state index in [2.05, 4.69) is 24.1 Å². The summed E-state index contributed by atoms with van der Waals surface area (Å²) >= 11 is 2.78. The van der Waals surface area contributed by atoms with Crippen LogP contribution in [0, 0.1) is 16.0 Å². The third-order valence-corrected chi connectivity index (χ3v) is 7.00. The van der Waals surface area contributed by atoms with E-state index in [1.807, 2.05) is 36.4 Å². The van der Waals surface area contributed by atoms with Gasteiger partial charge in [-0.05, 0) is 60.9 Å². The topological polar surface area (TPSA) is 111 Å². The van der Waals surface area contributed by atoms with Crippen LogP contribution in [0.1, 0.15) is 29.2 Å². The number of nitro groups is 1. The fourth-order valence-corrected chi connectivity index (χ4v) is 5.13. The van der Waals surface area contributed by atoms with Gasteiger partial charge in [0.25, 0.3) is 11.6 Å². The first-order chi connectivity index (χ1) is 15.8. The number of pyridine rings is 1. The van der Waals surface area contributed by atoms with Crippen LogP contribution < -0.4 is 11.1 Å². The van der Waals surface area contributed by atoms with Crippen LogP contribution in [0.3, 0.4) is 0 Å². The van der Waals surface area contributed by atoms with E-state index in [1.54, 1.807) is 12.1 Å². The molecule has 4 aromatic rings. The fraction of sp³-hybridized carbons (Fsp3) is 0.167. The second-order valence-electron chi connectivity index (χ2n) is 7.93. The van der Waals surface area contributed by atoms with Gasteiger partial charge < -0.3 is 11.1 Å². The minimum Gasteiger partial charge on any atom is -0.397 e. The number of fused-ring (bicyclic) bond motifs is 1. The average molecular weight is 479 g/mol. The molecular weight excluding hydrogens is 456 g/mol. The number of nitrogens with zero attached hydrogens (tertiary/aromatic N) is 2. The van der Waals surface area contributed by atoms with Gasteiger partial charge in [0.1, 0.15) is 9.71 Å². The van der Waals surface area contributed by atoms with Crippen LogP contribution in [-0.2, 0) is 6.42 Å². The number of nitrogens with two attached hydrogens (primary N) is 1. The summed E-state index contributed by atoms with van der Waals surface area (Å²) in [5.41, 5.74) is 8.40. The minimum absolute atomic E-state index is 0.0595. The van der Waals surface area contributed by atoms with Gasteiger partial charge in [-0.15, -0.1) is 11.3 Å². The summed E-state index contributed by atoms with van der Waals surface area (Å²) in [7, 11) is 0. The molecule has 2 heterocycles. The Labute approximate surface area is 199 Å². The number of non-ortho nitro benzene ring substituents is 1. The smallest absolute Gasteiger partial charge is 0.269 e. The third kappa shape index (κ3) is 5.32. The van der Waals surface area contributed by atoms with Gasteiger partial charge in [0.2, 0.25) is 0 Å². The number of thiophene rings is 1. The Morgan fingerprint density at radius 1 is 1.09 bits per heavy atom. The molecule has 2 aromatic carbocycles. The summed E-state index contributed by atoms with van der Waals surface area (Å²) in [6.45, 7) is 4.28. The second-order valence-corrected chi connectivity index (χ2v) is 10.1. The normalized spacial score (nSPS) is 11.1. The van der Waals surface area contributed by atoms with Crippen LogP contribution in [0.4, 0.5) is 17.1 Å². The molecule has 1 amide bonds. The number of carbonyl (C=O) groups excluding carboxylic acids is 1. The van der Waals surface area contributed by atoms with Crippen molar-refractivity contribution in [2.45, 2.75) is 30.1 Å². The molecule has 0 aliphatic rings. The molecule has 0 aliphatic carbocycles. The maximum absolute atomic E-state index is 12.9. The molecule has 0 atom stereocenters. The van der Waals surface area contributed by atoms with Crippen molar-refractivity contribution < 1.29 is 9.72 Å². The van der Waals surface area contributed by atoms with Crippen LogP contribution >= 0.6 is 23.1 Å². The lowest BCUT2D eigenvalue weighted by molar-refractivity contribution is -0.384. The van der Waals surface area contributed by atoms with Gasteiger partial charge in [0.15, 0.2) is 0 Å². The molecule has 0 unspecified atom stereocenters. The number of amides is 1. The van der Waals surface area contributed by atoms with Gasteiger partial charge in [-0.3, -0.25) is 14.9 Å². The van der Waals surface area contributed by atoms with Crippen molar-refractivity contribution in [1.82, 2.24) is 4.98 Å². The number of aromatic nitrogens is 1. The first-order valence-electron chi connectivity index (χ1n) is 10.3. The zero-order valence-electron chi connectivity index (χ0n) is 18.1. The number of carbonyl (C=O) groups is 1. The molecule has 0 fully saturated rings. The highest BCUT2D eigenvalue weighted by atomic mass is 32.2. The molecular formula is C24H22N4O3S2. The zero-order valence-corrected chi connectivity index (χ0v) is 19.7. The van der Waals surface area contributed by atoms with Gasteiger partial charge in [0, 0.05) is 38.7 Å². The predicted octanol–water partition coefficient (Wildman–Crippen LogP) is 6.39. The lowest BCUT2D eigenvalue weighted by Crippen LogP contribution is -2.11. The number of rotatable bonds is 7. The monoisotopic (exact) mass is 478 g/mol. The van der Waals surface area contributed by atoms with E-state index in [0.717, 1.165) is 32.1 Å².